The number of benzene rings is 1. The molecule has 0 amide bonds. The van der Waals surface area contributed by atoms with Gasteiger partial charge < -0.3 is 15.4 Å². The largest absolute Gasteiger partial charge is 0.465 e. The molecule has 1 saturated carbocycles. The number of nitrogens with zero attached hydrogens (tertiary/aromatic N) is 2. The average molecular weight is 294 g/mol. The second-order valence-electron chi connectivity index (χ2n) is 4.72. The lowest BCUT2D eigenvalue weighted by Crippen LogP contribution is -2.29. The van der Waals surface area contributed by atoms with E-state index in [0.717, 1.165) is 12.8 Å². The molecule has 0 aliphatic heterocycles. The molecule has 0 radical (unpaired) electrons. The molecular formula is C14H16ClN3O2. The van der Waals surface area contributed by atoms with Crippen molar-refractivity contribution in [2.75, 3.05) is 24.3 Å². The van der Waals surface area contributed by atoms with Crippen molar-refractivity contribution in [2.45, 2.75) is 25.3 Å². The molecule has 1 fully saturated rings. The topological polar surface area (TPSA) is 79.3 Å². The summed E-state index contributed by atoms with van der Waals surface area (Å²) in [6, 6.07) is 5.63. The highest BCUT2D eigenvalue weighted by Gasteiger charge is 2.33. The predicted molar refractivity (Wildman–Crippen MR) is 77.8 cm³/mol. The monoisotopic (exact) mass is 293 g/mol. The minimum absolute atomic E-state index is 0.327. The molecule has 1 aliphatic rings. The summed E-state index contributed by atoms with van der Waals surface area (Å²) in [6.07, 6.45) is 2.44. The summed E-state index contributed by atoms with van der Waals surface area (Å²) in [4.78, 5) is 13.9. The average Bonchev–Trinajstić information content (AvgIpc) is 3.24. The van der Waals surface area contributed by atoms with Gasteiger partial charge in [-0.15, -0.1) is 0 Å². The molecule has 1 aromatic carbocycles. The van der Waals surface area contributed by atoms with Gasteiger partial charge in [-0.05, 0) is 25.0 Å². The number of nitrogens with two attached hydrogens (primary N) is 1. The van der Waals surface area contributed by atoms with Crippen LogP contribution in [-0.4, -0.2) is 25.7 Å². The van der Waals surface area contributed by atoms with E-state index >= 15 is 0 Å². The molecule has 6 heteroatoms. The lowest BCUT2D eigenvalue weighted by molar-refractivity contribution is 0.0601. The Labute approximate surface area is 122 Å². The lowest BCUT2D eigenvalue weighted by atomic mass is 10.1. The summed E-state index contributed by atoms with van der Waals surface area (Å²) in [5.74, 6) is -0.475. The number of hydrogen-bond acceptors (Lipinski definition) is 5. The summed E-state index contributed by atoms with van der Waals surface area (Å²) in [5.41, 5.74) is 7.13. The second-order valence-corrected chi connectivity index (χ2v) is 5.13. The molecule has 106 valence electrons. The summed E-state index contributed by atoms with van der Waals surface area (Å²) in [6.45, 7) is 0.537. The van der Waals surface area contributed by atoms with Gasteiger partial charge in [-0.1, -0.05) is 11.6 Å². The fraction of sp³-hybridized carbons (Fsp3) is 0.429. The number of carbonyl (C=O) groups excluding carboxylic acids is 1. The van der Waals surface area contributed by atoms with E-state index in [-0.39, 0.29) is 0 Å². The zero-order chi connectivity index (χ0) is 14.7. The molecule has 20 heavy (non-hydrogen) atoms. The van der Waals surface area contributed by atoms with Crippen LogP contribution in [0.4, 0.5) is 11.4 Å². The standard InChI is InChI=1S/C14H16ClN3O2/c1-20-14(19)11-7-9(17)8-12(15)13(11)18(6-2-5-16)10-3-4-10/h7-8,10H,2-4,6,17H2,1H3. The van der Waals surface area contributed by atoms with Gasteiger partial charge in [0.25, 0.3) is 0 Å². The third-order valence-electron chi connectivity index (χ3n) is 3.23. The van der Waals surface area contributed by atoms with E-state index in [0.29, 0.717) is 41.0 Å². The fourth-order valence-electron chi connectivity index (χ4n) is 2.21. The first-order chi connectivity index (χ1) is 9.58. The Morgan fingerprint density at radius 2 is 2.30 bits per heavy atom. The van der Waals surface area contributed by atoms with Gasteiger partial charge in [0, 0.05) is 18.3 Å². The molecule has 1 aromatic rings. The Balaban J connectivity index is 2.46. The van der Waals surface area contributed by atoms with Gasteiger partial charge in [-0.25, -0.2) is 4.79 Å². The molecule has 5 nitrogen and oxygen atoms in total. The van der Waals surface area contributed by atoms with E-state index in [1.54, 1.807) is 12.1 Å². The van der Waals surface area contributed by atoms with Gasteiger partial charge in [0.2, 0.25) is 0 Å². The lowest BCUT2D eigenvalue weighted by Gasteiger charge is -2.27. The van der Waals surface area contributed by atoms with Crippen molar-refractivity contribution in [3.63, 3.8) is 0 Å². The number of nitrogen functional groups attached to an aromatic ring is 1. The van der Waals surface area contributed by atoms with Crippen molar-refractivity contribution >= 4 is 28.9 Å². The number of anilines is 2. The highest BCUT2D eigenvalue weighted by molar-refractivity contribution is 6.34. The minimum Gasteiger partial charge on any atom is -0.465 e. The molecule has 0 bridgehead atoms. The molecule has 0 unspecified atom stereocenters. The normalized spacial score (nSPS) is 13.7. The molecular weight excluding hydrogens is 278 g/mol. The zero-order valence-electron chi connectivity index (χ0n) is 11.2. The molecule has 0 heterocycles. The van der Waals surface area contributed by atoms with Crippen molar-refractivity contribution in [3.05, 3.63) is 22.7 Å². The number of rotatable bonds is 5. The Bertz CT molecular complexity index is 564. The van der Waals surface area contributed by atoms with Crippen LogP contribution in [0.5, 0.6) is 0 Å². The first-order valence-electron chi connectivity index (χ1n) is 6.39. The number of ether oxygens (including phenoxy) is 1. The van der Waals surface area contributed by atoms with Crippen LogP contribution >= 0.6 is 11.6 Å². The number of halogens is 1. The van der Waals surface area contributed by atoms with Crippen LogP contribution in [0, 0.1) is 11.3 Å². The van der Waals surface area contributed by atoms with Crippen molar-refractivity contribution in [3.8, 4) is 6.07 Å². The first-order valence-corrected chi connectivity index (χ1v) is 6.77. The van der Waals surface area contributed by atoms with Crippen LogP contribution in [0.2, 0.25) is 5.02 Å². The summed E-state index contributed by atoms with van der Waals surface area (Å²) in [5, 5.41) is 9.19. The number of hydrogen-bond donors (Lipinski definition) is 1. The first kappa shape index (κ1) is 14.5. The van der Waals surface area contributed by atoms with Crippen LogP contribution in [0.1, 0.15) is 29.6 Å². The van der Waals surface area contributed by atoms with Gasteiger partial charge in [0.15, 0.2) is 0 Å². The smallest absolute Gasteiger partial charge is 0.340 e. The molecule has 0 spiro atoms. The minimum atomic E-state index is -0.475. The fourth-order valence-corrected chi connectivity index (χ4v) is 2.55. The highest BCUT2D eigenvalue weighted by Crippen LogP contribution is 2.39. The van der Waals surface area contributed by atoms with Crippen LogP contribution in [0.15, 0.2) is 12.1 Å². The predicted octanol–water partition coefficient (Wildman–Crippen LogP) is 2.59. The quantitative estimate of drug-likeness (QED) is 0.667. The Hall–Kier alpha value is -1.93. The zero-order valence-corrected chi connectivity index (χ0v) is 12.0. The van der Waals surface area contributed by atoms with E-state index in [9.17, 15) is 4.79 Å². The van der Waals surface area contributed by atoms with E-state index in [2.05, 4.69) is 6.07 Å². The van der Waals surface area contributed by atoms with E-state index in [1.165, 1.54) is 7.11 Å². The van der Waals surface area contributed by atoms with E-state index < -0.39 is 5.97 Å². The Morgan fingerprint density at radius 1 is 1.60 bits per heavy atom. The second kappa shape index (κ2) is 6.02. The Kier molecular flexibility index (Phi) is 4.35. The van der Waals surface area contributed by atoms with Crippen molar-refractivity contribution < 1.29 is 9.53 Å². The van der Waals surface area contributed by atoms with Crippen molar-refractivity contribution in [1.29, 1.82) is 5.26 Å². The third-order valence-corrected chi connectivity index (χ3v) is 3.52. The number of methoxy groups -OCH3 is 1. The number of esters is 1. The molecule has 1 aliphatic carbocycles. The van der Waals surface area contributed by atoms with Gasteiger partial charge in [-0.3, -0.25) is 0 Å². The van der Waals surface area contributed by atoms with Gasteiger partial charge in [-0.2, -0.15) is 5.26 Å². The molecule has 0 saturated heterocycles. The SMILES string of the molecule is COC(=O)c1cc(N)cc(Cl)c1N(CCC#N)C1CC1. The van der Waals surface area contributed by atoms with Crippen molar-refractivity contribution in [1.82, 2.24) is 0 Å². The highest BCUT2D eigenvalue weighted by atomic mass is 35.5. The van der Waals surface area contributed by atoms with E-state index in [4.69, 9.17) is 27.3 Å². The van der Waals surface area contributed by atoms with Gasteiger partial charge in [0.1, 0.15) is 0 Å². The van der Waals surface area contributed by atoms with Crippen LogP contribution in [-0.2, 0) is 4.74 Å². The molecule has 0 aromatic heterocycles. The van der Waals surface area contributed by atoms with Crippen molar-refractivity contribution in [2.24, 2.45) is 0 Å². The summed E-state index contributed by atoms with van der Waals surface area (Å²) >= 11 is 6.27. The maximum atomic E-state index is 11.9. The summed E-state index contributed by atoms with van der Waals surface area (Å²) < 4.78 is 4.80. The van der Waals surface area contributed by atoms with E-state index in [1.807, 2.05) is 4.90 Å². The Morgan fingerprint density at radius 3 is 2.85 bits per heavy atom. The molecule has 2 rings (SSSR count). The maximum absolute atomic E-state index is 11.9. The van der Waals surface area contributed by atoms with Gasteiger partial charge in [0.05, 0.1) is 35.9 Å². The van der Waals surface area contributed by atoms with Crippen LogP contribution in [0.25, 0.3) is 0 Å². The third kappa shape index (κ3) is 2.97. The number of carbonyl (C=O) groups is 1. The maximum Gasteiger partial charge on any atom is 0.340 e. The van der Waals surface area contributed by atoms with Gasteiger partial charge >= 0.3 is 5.97 Å². The number of nitriles is 1. The summed E-state index contributed by atoms with van der Waals surface area (Å²) in [7, 11) is 1.32. The van der Waals surface area contributed by atoms with Crippen LogP contribution in [0.3, 0.4) is 0 Å². The van der Waals surface area contributed by atoms with Crippen LogP contribution < -0.4 is 10.6 Å². The molecule has 2 N–H and O–H groups in total. The molecule has 0 atom stereocenters.